The van der Waals surface area contributed by atoms with Crippen LogP contribution in [0.2, 0.25) is 5.02 Å². The normalized spacial score (nSPS) is 11.4. The quantitative estimate of drug-likeness (QED) is 0.669. The van der Waals surface area contributed by atoms with Crippen LogP contribution in [0, 0.1) is 6.92 Å². The SMILES string of the molecule is Cc1cc(Cl)ccc1/C=C(/C(=O)O)c1ccccc1. The van der Waals surface area contributed by atoms with Crippen LogP contribution in [0.4, 0.5) is 0 Å². The molecular formula is C16H13ClO2. The predicted molar refractivity (Wildman–Crippen MR) is 78.1 cm³/mol. The molecule has 2 rings (SSSR count). The van der Waals surface area contributed by atoms with Crippen molar-refractivity contribution in [1.29, 1.82) is 0 Å². The lowest BCUT2D eigenvalue weighted by atomic mass is 10.0. The average Bonchev–Trinajstić information content (AvgIpc) is 2.38. The first kappa shape index (κ1) is 13.4. The Morgan fingerprint density at radius 3 is 2.42 bits per heavy atom. The number of hydrogen-bond acceptors (Lipinski definition) is 1. The fourth-order valence-electron chi connectivity index (χ4n) is 1.84. The summed E-state index contributed by atoms with van der Waals surface area (Å²) < 4.78 is 0. The molecule has 2 aromatic carbocycles. The Morgan fingerprint density at radius 2 is 1.84 bits per heavy atom. The van der Waals surface area contributed by atoms with Gasteiger partial charge in [-0.25, -0.2) is 4.79 Å². The molecule has 0 heterocycles. The number of rotatable bonds is 3. The first-order valence-corrected chi connectivity index (χ1v) is 6.22. The van der Waals surface area contributed by atoms with E-state index in [1.54, 1.807) is 24.3 Å². The topological polar surface area (TPSA) is 37.3 Å². The molecule has 0 unspecified atom stereocenters. The maximum absolute atomic E-state index is 11.4. The van der Waals surface area contributed by atoms with Crippen molar-refractivity contribution < 1.29 is 9.90 Å². The molecule has 2 aromatic rings. The van der Waals surface area contributed by atoms with Gasteiger partial charge in [0.25, 0.3) is 0 Å². The van der Waals surface area contributed by atoms with E-state index in [1.165, 1.54) is 0 Å². The molecule has 0 saturated carbocycles. The van der Waals surface area contributed by atoms with Gasteiger partial charge in [0.15, 0.2) is 0 Å². The minimum Gasteiger partial charge on any atom is -0.478 e. The lowest BCUT2D eigenvalue weighted by molar-refractivity contribution is -0.130. The van der Waals surface area contributed by atoms with Crippen molar-refractivity contribution in [3.05, 3.63) is 70.2 Å². The lowest BCUT2D eigenvalue weighted by Gasteiger charge is -2.05. The number of aryl methyl sites for hydroxylation is 1. The Balaban J connectivity index is 2.51. The van der Waals surface area contributed by atoms with Crippen LogP contribution in [0.1, 0.15) is 16.7 Å². The van der Waals surface area contributed by atoms with Gasteiger partial charge in [-0.3, -0.25) is 0 Å². The van der Waals surface area contributed by atoms with E-state index in [9.17, 15) is 9.90 Å². The zero-order chi connectivity index (χ0) is 13.8. The zero-order valence-corrected chi connectivity index (χ0v) is 11.2. The Labute approximate surface area is 117 Å². The Bertz CT molecular complexity index is 630. The van der Waals surface area contributed by atoms with E-state index in [2.05, 4.69) is 0 Å². The van der Waals surface area contributed by atoms with Crippen LogP contribution in [0.15, 0.2) is 48.5 Å². The van der Waals surface area contributed by atoms with Gasteiger partial charge in [-0.2, -0.15) is 0 Å². The molecule has 0 amide bonds. The van der Waals surface area contributed by atoms with Crippen LogP contribution in [0.25, 0.3) is 11.6 Å². The number of carbonyl (C=O) groups is 1. The molecule has 0 saturated heterocycles. The van der Waals surface area contributed by atoms with Crippen molar-refractivity contribution in [3.63, 3.8) is 0 Å². The lowest BCUT2D eigenvalue weighted by Crippen LogP contribution is -1.99. The van der Waals surface area contributed by atoms with E-state index in [4.69, 9.17) is 11.6 Å². The van der Waals surface area contributed by atoms with E-state index in [0.29, 0.717) is 10.6 Å². The zero-order valence-electron chi connectivity index (χ0n) is 10.4. The van der Waals surface area contributed by atoms with E-state index in [-0.39, 0.29) is 5.57 Å². The van der Waals surface area contributed by atoms with Crippen molar-refractivity contribution in [1.82, 2.24) is 0 Å². The highest BCUT2D eigenvalue weighted by atomic mass is 35.5. The van der Waals surface area contributed by atoms with Crippen molar-refractivity contribution in [2.75, 3.05) is 0 Å². The highest BCUT2D eigenvalue weighted by Gasteiger charge is 2.10. The minimum absolute atomic E-state index is 0.269. The predicted octanol–water partition coefficient (Wildman–Crippen LogP) is 4.27. The minimum atomic E-state index is -0.944. The van der Waals surface area contributed by atoms with Gasteiger partial charge >= 0.3 is 5.97 Å². The Hall–Kier alpha value is -2.06. The standard InChI is InChI=1S/C16H13ClO2/c1-11-9-14(17)8-7-13(11)10-15(16(18)19)12-5-3-2-4-6-12/h2-10H,1H3,(H,18,19)/b15-10+. The van der Waals surface area contributed by atoms with Crippen molar-refractivity contribution >= 4 is 29.2 Å². The van der Waals surface area contributed by atoms with Gasteiger partial charge < -0.3 is 5.11 Å². The van der Waals surface area contributed by atoms with Crippen LogP contribution >= 0.6 is 11.6 Å². The highest BCUT2D eigenvalue weighted by molar-refractivity contribution is 6.30. The van der Waals surface area contributed by atoms with Gasteiger partial charge in [0.1, 0.15) is 0 Å². The molecule has 0 aliphatic heterocycles. The largest absolute Gasteiger partial charge is 0.478 e. The third-order valence-electron chi connectivity index (χ3n) is 2.85. The van der Waals surface area contributed by atoms with E-state index < -0.39 is 5.97 Å². The summed E-state index contributed by atoms with van der Waals surface area (Å²) in [7, 11) is 0. The summed E-state index contributed by atoms with van der Waals surface area (Å²) in [5.74, 6) is -0.944. The first-order chi connectivity index (χ1) is 9.08. The van der Waals surface area contributed by atoms with E-state index in [0.717, 1.165) is 11.1 Å². The maximum Gasteiger partial charge on any atom is 0.336 e. The van der Waals surface area contributed by atoms with Crippen LogP contribution in [-0.4, -0.2) is 11.1 Å². The third-order valence-corrected chi connectivity index (χ3v) is 3.08. The molecule has 0 fully saturated rings. The molecule has 1 N–H and O–H groups in total. The van der Waals surface area contributed by atoms with Gasteiger partial charge in [0, 0.05) is 5.02 Å². The molecule has 0 atom stereocenters. The number of benzene rings is 2. The van der Waals surface area contributed by atoms with Crippen LogP contribution < -0.4 is 0 Å². The summed E-state index contributed by atoms with van der Waals surface area (Å²) in [6.07, 6.45) is 1.67. The van der Waals surface area contributed by atoms with Gasteiger partial charge in [-0.05, 0) is 41.8 Å². The van der Waals surface area contributed by atoms with Crippen LogP contribution in [0.5, 0.6) is 0 Å². The Morgan fingerprint density at radius 1 is 1.16 bits per heavy atom. The van der Waals surface area contributed by atoms with Gasteiger partial charge in [-0.1, -0.05) is 48.0 Å². The number of carboxylic acid groups (broad SMARTS) is 1. The van der Waals surface area contributed by atoms with Crippen molar-refractivity contribution in [2.24, 2.45) is 0 Å². The molecule has 2 nitrogen and oxygen atoms in total. The van der Waals surface area contributed by atoms with Gasteiger partial charge in [0.05, 0.1) is 5.57 Å². The number of halogens is 1. The summed E-state index contributed by atoms with van der Waals surface area (Å²) in [6.45, 7) is 1.90. The fourth-order valence-corrected chi connectivity index (χ4v) is 2.07. The number of hydrogen-bond donors (Lipinski definition) is 1. The summed E-state index contributed by atoms with van der Waals surface area (Å²) in [6, 6.07) is 14.5. The van der Waals surface area contributed by atoms with Crippen LogP contribution in [0.3, 0.4) is 0 Å². The maximum atomic E-state index is 11.4. The van der Waals surface area contributed by atoms with Crippen molar-refractivity contribution in [3.8, 4) is 0 Å². The monoisotopic (exact) mass is 272 g/mol. The molecule has 19 heavy (non-hydrogen) atoms. The molecule has 96 valence electrons. The molecule has 3 heteroatoms. The average molecular weight is 273 g/mol. The van der Waals surface area contributed by atoms with Gasteiger partial charge in [-0.15, -0.1) is 0 Å². The second-order valence-electron chi connectivity index (χ2n) is 4.23. The Kier molecular flexibility index (Phi) is 4.03. The fraction of sp³-hybridized carbons (Fsp3) is 0.0625. The number of carboxylic acids is 1. The smallest absolute Gasteiger partial charge is 0.336 e. The van der Waals surface area contributed by atoms with Crippen LogP contribution in [-0.2, 0) is 4.79 Å². The van der Waals surface area contributed by atoms with Gasteiger partial charge in [0.2, 0.25) is 0 Å². The summed E-state index contributed by atoms with van der Waals surface area (Å²) in [5.41, 5.74) is 2.75. The second kappa shape index (κ2) is 5.72. The molecular weight excluding hydrogens is 260 g/mol. The molecule has 0 aliphatic carbocycles. The third kappa shape index (κ3) is 3.24. The summed E-state index contributed by atoms with van der Waals surface area (Å²) in [4.78, 5) is 11.4. The molecule has 0 aromatic heterocycles. The van der Waals surface area contributed by atoms with Crippen molar-refractivity contribution in [2.45, 2.75) is 6.92 Å². The molecule has 0 radical (unpaired) electrons. The van der Waals surface area contributed by atoms with E-state index in [1.807, 2.05) is 37.3 Å². The number of aliphatic carboxylic acids is 1. The molecule has 0 spiro atoms. The molecule has 0 bridgehead atoms. The highest BCUT2D eigenvalue weighted by Crippen LogP contribution is 2.22. The second-order valence-corrected chi connectivity index (χ2v) is 4.67. The molecule has 0 aliphatic rings. The van der Waals surface area contributed by atoms with E-state index >= 15 is 0 Å². The summed E-state index contributed by atoms with van der Waals surface area (Å²) in [5, 5.41) is 9.98. The first-order valence-electron chi connectivity index (χ1n) is 5.84. The summed E-state index contributed by atoms with van der Waals surface area (Å²) >= 11 is 5.90.